The van der Waals surface area contributed by atoms with Crippen molar-refractivity contribution in [2.24, 2.45) is 5.10 Å². The highest BCUT2D eigenvalue weighted by atomic mass is 16.5. The average molecular weight is 274 g/mol. The van der Waals surface area contributed by atoms with Gasteiger partial charge in [0.25, 0.3) is 0 Å². The normalized spacial score (nSPS) is 17.9. The lowest BCUT2D eigenvalue weighted by Gasteiger charge is -2.10. The summed E-state index contributed by atoms with van der Waals surface area (Å²) in [5, 5.41) is 14.9. The molecule has 0 aliphatic carbocycles. The summed E-state index contributed by atoms with van der Waals surface area (Å²) in [6, 6.07) is 5.57. The van der Waals surface area contributed by atoms with Crippen molar-refractivity contribution >= 4 is 17.9 Å². The topological polar surface area (TPSA) is 86.2 Å². The number of carboxylic acids is 1. The highest BCUT2D eigenvalue weighted by Crippen LogP contribution is 2.27. The van der Waals surface area contributed by atoms with Crippen LogP contribution in [0, 0.1) is 0 Å². The highest BCUT2D eigenvalue weighted by Gasteiger charge is 2.17. The van der Waals surface area contributed by atoms with Crippen LogP contribution in [0.4, 0.5) is 0 Å². The van der Waals surface area contributed by atoms with Crippen LogP contribution in [0.1, 0.15) is 17.5 Å². The van der Waals surface area contributed by atoms with Crippen molar-refractivity contribution in [3.8, 4) is 5.75 Å². The van der Waals surface area contributed by atoms with Crippen molar-refractivity contribution in [1.82, 2.24) is 16.1 Å². The molecule has 2 heterocycles. The van der Waals surface area contributed by atoms with E-state index in [1.165, 1.54) is 0 Å². The highest BCUT2D eigenvalue weighted by molar-refractivity contribution is 6.00. The van der Waals surface area contributed by atoms with Gasteiger partial charge in [0.15, 0.2) is 5.84 Å². The number of amidine groups is 1. The largest absolute Gasteiger partial charge is 0.493 e. The molecule has 2 aliphatic rings. The van der Waals surface area contributed by atoms with Gasteiger partial charge in [0.05, 0.1) is 6.61 Å². The Bertz CT molecular complexity index is 624. The second-order valence-electron chi connectivity index (χ2n) is 4.56. The van der Waals surface area contributed by atoms with Gasteiger partial charge in [-0.2, -0.15) is 0 Å². The number of carboxylic acid groups (broad SMARTS) is 1. The SMILES string of the molecule is CN1NN=C(c2ccc3c(c2)C=C(C(=O)O)CCO3)N1. The van der Waals surface area contributed by atoms with Crippen molar-refractivity contribution < 1.29 is 14.6 Å². The average Bonchev–Trinajstić information content (AvgIpc) is 2.74. The van der Waals surface area contributed by atoms with Crippen LogP contribution in [0.5, 0.6) is 5.75 Å². The van der Waals surface area contributed by atoms with E-state index < -0.39 is 5.97 Å². The van der Waals surface area contributed by atoms with E-state index in [9.17, 15) is 4.79 Å². The smallest absolute Gasteiger partial charge is 0.331 e. The van der Waals surface area contributed by atoms with Crippen LogP contribution in [0.25, 0.3) is 6.08 Å². The number of aliphatic carboxylic acids is 1. The fraction of sp³-hybridized carbons (Fsp3) is 0.231. The Morgan fingerprint density at radius 3 is 3.05 bits per heavy atom. The molecule has 0 amide bonds. The Hall–Kier alpha value is -2.54. The van der Waals surface area contributed by atoms with Gasteiger partial charge in [-0.15, -0.1) is 10.2 Å². The third kappa shape index (κ3) is 2.30. The number of hydrogen-bond donors (Lipinski definition) is 3. The van der Waals surface area contributed by atoms with E-state index in [1.807, 2.05) is 18.2 Å². The van der Waals surface area contributed by atoms with Gasteiger partial charge in [-0.1, -0.05) is 0 Å². The second kappa shape index (κ2) is 4.86. The molecule has 0 saturated carbocycles. The van der Waals surface area contributed by atoms with Gasteiger partial charge in [-0.25, -0.2) is 10.3 Å². The maximum absolute atomic E-state index is 11.1. The first-order valence-electron chi connectivity index (χ1n) is 6.18. The van der Waals surface area contributed by atoms with Crippen LogP contribution >= 0.6 is 0 Å². The first kappa shape index (κ1) is 12.5. The summed E-state index contributed by atoms with van der Waals surface area (Å²) in [6.45, 7) is 0.369. The fourth-order valence-corrected chi connectivity index (χ4v) is 2.10. The maximum Gasteiger partial charge on any atom is 0.331 e. The molecule has 0 atom stereocenters. The van der Waals surface area contributed by atoms with Gasteiger partial charge in [-0.05, 0) is 24.3 Å². The number of carbonyl (C=O) groups is 1. The van der Waals surface area contributed by atoms with Gasteiger partial charge in [0.2, 0.25) is 0 Å². The molecule has 7 nitrogen and oxygen atoms in total. The zero-order chi connectivity index (χ0) is 14.1. The van der Waals surface area contributed by atoms with Crippen LogP contribution in [0.3, 0.4) is 0 Å². The summed E-state index contributed by atoms with van der Waals surface area (Å²) >= 11 is 0. The van der Waals surface area contributed by atoms with Gasteiger partial charge >= 0.3 is 5.97 Å². The van der Waals surface area contributed by atoms with Crippen molar-refractivity contribution in [1.29, 1.82) is 0 Å². The van der Waals surface area contributed by atoms with E-state index in [1.54, 1.807) is 18.2 Å². The van der Waals surface area contributed by atoms with Crippen molar-refractivity contribution in [2.45, 2.75) is 6.42 Å². The summed E-state index contributed by atoms with van der Waals surface area (Å²) in [5.41, 5.74) is 7.72. The van der Waals surface area contributed by atoms with Crippen LogP contribution in [0.15, 0.2) is 28.9 Å². The van der Waals surface area contributed by atoms with Crippen molar-refractivity contribution in [3.05, 3.63) is 34.9 Å². The van der Waals surface area contributed by atoms with Crippen LogP contribution in [-0.4, -0.2) is 35.7 Å². The van der Waals surface area contributed by atoms with E-state index in [0.717, 1.165) is 11.1 Å². The molecular weight excluding hydrogens is 260 g/mol. The number of fused-ring (bicyclic) bond motifs is 1. The minimum atomic E-state index is -0.912. The number of benzene rings is 1. The summed E-state index contributed by atoms with van der Waals surface area (Å²) in [4.78, 5) is 11.1. The minimum absolute atomic E-state index is 0.345. The Balaban J connectivity index is 1.98. The summed E-state index contributed by atoms with van der Waals surface area (Å²) < 4.78 is 5.57. The number of hydrogen-bond acceptors (Lipinski definition) is 6. The van der Waals surface area contributed by atoms with E-state index in [-0.39, 0.29) is 0 Å². The van der Waals surface area contributed by atoms with Crippen LogP contribution in [-0.2, 0) is 4.79 Å². The van der Waals surface area contributed by atoms with Gasteiger partial charge in [0.1, 0.15) is 5.75 Å². The molecule has 2 aliphatic heterocycles. The minimum Gasteiger partial charge on any atom is -0.493 e. The number of nitrogens with one attached hydrogen (secondary N) is 2. The molecule has 1 aromatic rings. The van der Waals surface area contributed by atoms with Crippen LogP contribution < -0.4 is 15.7 Å². The standard InChI is InChI=1S/C13H14N4O3/c1-17-15-12(14-16-17)8-2-3-11-10(6-8)7-9(13(18)19)4-5-20-11/h2-3,6-7,16H,4-5H2,1H3,(H,14,15)(H,18,19). The van der Waals surface area contributed by atoms with Gasteiger partial charge < -0.3 is 9.84 Å². The molecule has 0 radical (unpaired) electrons. The third-order valence-corrected chi connectivity index (χ3v) is 3.10. The number of hydrazone groups is 1. The predicted octanol–water partition coefficient (Wildman–Crippen LogP) is 0.553. The third-order valence-electron chi connectivity index (χ3n) is 3.10. The first-order valence-corrected chi connectivity index (χ1v) is 6.18. The number of hydrazine groups is 2. The molecule has 0 aromatic heterocycles. The quantitative estimate of drug-likeness (QED) is 0.730. The molecule has 0 saturated heterocycles. The molecule has 20 heavy (non-hydrogen) atoms. The maximum atomic E-state index is 11.1. The zero-order valence-electron chi connectivity index (χ0n) is 10.9. The monoisotopic (exact) mass is 274 g/mol. The molecule has 104 valence electrons. The van der Waals surface area contributed by atoms with Crippen LogP contribution in [0.2, 0.25) is 0 Å². The van der Waals surface area contributed by atoms with E-state index >= 15 is 0 Å². The van der Waals surface area contributed by atoms with Gasteiger partial charge in [0, 0.05) is 30.2 Å². The molecule has 0 fully saturated rings. The Morgan fingerprint density at radius 1 is 1.50 bits per heavy atom. The number of rotatable bonds is 2. The van der Waals surface area contributed by atoms with E-state index in [4.69, 9.17) is 9.84 Å². The zero-order valence-corrected chi connectivity index (χ0v) is 10.9. The Morgan fingerprint density at radius 2 is 2.35 bits per heavy atom. The summed E-state index contributed by atoms with van der Waals surface area (Å²) in [7, 11) is 1.80. The lowest BCUT2D eigenvalue weighted by atomic mass is 10.1. The van der Waals surface area contributed by atoms with Crippen molar-refractivity contribution in [3.63, 3.8) is 0 Å². The molecule has 0 unspecified atom stereocenters. The lowest BCUT2D eigenvalue weighted by Crippen LogP contribution is -2.37. The molecule has 1 aromatic carbocycles. The van der Waals surface area contributed by atoms with E-state index in [0.29, 0.717) is 30.2 Å². The number of nitrogens with zero attached hydrogens (tertiary/aromatic N) is 2. The fourth-order valence-electron chi connectivity index (χ4n) is 2.10. The molecule has 3 N–H and O–H groups in total. The molecule has 3 rings (SSSR count). The molecule has 7 heteroatoms. The molecule has 0 spiro atoms. The van der Waals surface area contributed by atoms with E-state index in [2.05, 4.69) is 16.1 Å². The Labute approximate surface area is 115 Å². The number of ether oxygens (including phenoxy) is 1. The summed E-state index contributed by atoms with van der Waals surface area (Å²) in [5.74, 6) is 0.444. The summed E-state index contributed by atoms with van der Waals surface area (Å²) in [6.07, 6.45) is 2.05. The molecular formula is C13H14N4O3. The van der Waals surface area contributed by atoms with Gasteiger partial charge in [-0.3, -0.25) is 5.43 Å². The second-order valence-corrected chi connectivity index (χ2v) is 4.56. The molecule has 0 bridgehead atoms. The Kier molecular flexibility index (Phi) is 3.03. The predicted molar refractivity (Wildman–Crippen MR) is 72.7 cm³/mol. The van der Waals surface area contributed by atoms with Crippen molar-refractivity contribution in [2.75, 3.05) is 13.7 Å². The lowest BCUT2D eigenvalue weighted by molar-refractivity contribution is -0.132. The first-order chi connectivity index (χ1) is 9.63.